The Hall–Kier alpha value is -2.25. The summed E-state index contributed by atoms with van der Waals surface area (Å²) in [7, 11) is 1.64. The summed E-state index contributed by atoms with van der Waals surface area (Å²) >= 11 is 1.63. The van der Waals surface area contributed by atoms with Crippen LogP contribution in [0.5, 0.6) is 11.5 Å². The maximum Gasteiger partial charge on any atom is 0.318 e. The smallest absolute Gasteiger partial charge is 0.318 e. The second kappa shape index (κ2) is 9.45. The zero-order valence-corrected chi connectivity index (χ0v) is 15.7. The third kappa shape index (κ3) is 5.12. The molecule has 0 radical (unpaired) electrons. The monoisotopic (exact) mass is 376 g/mol. The van der Waals surface area contributed by atoms with E-state index >= 15 is 0 Å². The molecule has 1 aliphatic rings. The molecular formula is C19H24N2O4S. The zero-order valence-electron chi connectivity index (χ0n) is 14.9. The SMILES string of the molecule is COCCN(Cc1ccsc1)C(=O)NCc1ccc2c(c1)OCCCO2. The molecule has 0 bridgehead atoms. The molecule has 0 saturated heterocycles. The van der Waals surface area contributed by atoms with Crippen LogP contribution in [0.1, 0.15) is 17.5 Å². The molecule has 0 spiro atoms. The van der Waals surface area contributed by atoms with Crippen LogP contribution in [0.4, 0.5) is 4.79 Å². The van der Waals surface area contributed by atoms with Gasteiger partial charge in [-0.25, -0.2) is 4.79 Å². The first-order valence-electron chi connectivity index (χ1n) is 8.67. The molecule has 0 aliphatic carbocycles. The molecule has 0 atom stereocenters. The van der Waals surface area contributed by atoms with Crippen molar-refractivity contribution in [3.05, 3.63) is 46.2 Å². The summed E-state index contributed by atoms with van der Waals surface area (Å²) in [6.45, 7) is 3.36. The lowest BCUT2D eigenvalue weighted by Gasteiger charge is -2.22. The largest absolute Gasteiger partial charge is 0.490 e. The summed E-state index contributed by atoms with van der Waals surface area (Å²) in [6.07, 6.45) is 0.873. The van der Waals surface area contributed by atoms with E-state index < -0.39 is 0 Å². The van der Waals surface area contributed by atoms with Gasteiger partial charge in [-0.15, -0.1) is 0 Å². The average Bonchev–Trinajstić information content (AvgIpc) is 3.06. The molecule has 0 unspecified atom stereocenters. The summed E-state index contributed by atoms with van der Waals surface area (Å²) < 4.78 is 16.5. The molecule has 1 aromatic heterocycles. The highest BCUT2D eigenvalue weighted by molar-refractivity contribution is 7.07. The van der Waals surface area contributed by atoms with Crippen LogP contribution in [0.3, 0.4) is 0 Å². The molecule has 26 heavy (non-hydrogen) atoms. The number of nitrogens with one attached hydrogen (secondary N) is 1. The van der Waals surface area contributed by atoms with E-state index in [1.807, 2.05) is 29.6 Å². The summed E-state index contributed by atoms with van der Waals surface area (Å²) in [5, 5.41) is 7.05. The zero-order chi connectivity index (χ0) is 18.2. The van der Waals surface area contributed by atoms with Gasteiger partial charge >= 0.3 is 6.03 Å². The molecule has 2 aromatic rings. The summed E-state index contributed by atoms with van der Waals surface area (Å²) in [5.74, 6) is 1.50. The fourth-order valence-electron chi connectivity index (χ4n) is 2.66. The molecule has 1 N–H and O–H groups in total. The number of amides is 2. The Morgan fingerprint density at radius 3 is 2.85 bits per heavy atom. The van der Waals surface area contributed by atoms with Crippen molar-refractivity contribution in [1.82, 2.24) is 10.2 Å². The van der Waals surface area contributed by atoms with Gasteiger partial charge in [-0.3, -0.25) is 0 Å². The van der Waals surface area contributed by atoms with E-state index in [-0.39, 0.29) is 6.03 Å². The summed E-state index contributed by atoms with van der Waals surface area (Å²) in [6, 6.07) is 7.70. The number of hydrogen-bond donors (Lipinski definition) is 1. The van der Waals surface area contributed by atoms with Gasteiger partial charge in [-0.1, -0.05) is 6.07 Å². The van der Waals surface area contributed by atoms with Crippen molar-refractivity contribution in [2.45, 2.75) is 19.5 Å². The Balaban J connectivity index is 1.59. The highest BCUT2D eigenvalue weighted by Gasteiger charge is 2.15. The van der Waals surface area contributed by atoms with Gasteiger partial charge < -0.3 is 24.4 Å². The standard InChI is InChI=1S/C19H24N2O4S/c1-23-9-6-21(13-16-5-10-26-14-16)19(22)20-12-15-3-4-17-18(11-15)25-8-2-7-24-17/h3-5,10-11,14H,2,6-9,12-13H2,1H3,(H,20,22). The highest BCUT2D eigenvalue weighted by atomic mass is 32.1. The number of nitrogens with zero attached hydrogens (tertiary/aromatic N) is 1. The van der Waals surface area contributed by atoms with Crippen LogP contribution < -0.4 is 14.8 Å². The van der Waals surface area contributed by atoms with Crippen LogP contribution in [0.15, 0.2) is 35.0 Å². The van der Waals surface area contributed by atoms with Crippen LogP contribution in [0.2, 0.25) is 0 Å². The molecule has 2 amide bonds. The Bertz CT molecular complexity index is 706. The van der Waals surface area contributed by atoms with Crippen molar-refractivity contribution >= 4 is 17.4 Å². The Morgan fingerprint density at radius 1 is 1.23 bits per heavy atom. The Kier molecular flexibility index (Phi) is 6.74. The van der Waals surface area contributed by atoms with Crippen molar-refractivity contribution in [1.29, 1.82) is 0 Å². The number of ether oxygens (including phenoxy) is 3. The summed E-state index contributed by atoms with van der Waals surface area (Å²) in [5.41, 5.74) is 2.10. The lowest BCUT2D eigenvalue weighted by atomic mass is 10.2. The van der Waals surface area contributed by atoms with Gasteiger partial charge in [0.15, 0.2) is 11.5 Å². The number of fused-ring (bicyclic) bond motifs is 1. The average molecular weight is 376 g/mol. The highest BCUT2D eigenvalue weighted by Crippen LogP contribution is 2.30. The Morgan fingerprint density at radius 2 is 2.08 bits per heavy atom. The van der Waals surface area contributed by atoms with E-state index in [0.717, 1.165) is 29.0 Å². The second-order valence-corrected chi connectivity index (χ2v) is 6.82. The number of hydrogen-bond acceptors (Lipinski definition) is 5. The van der Waals surface area contributed by atoms with Gasteiger partial charge in [0.2, 0.25) is 0 Å². The van der Waals surface area contributed by atoms with E-state index in [4.69, 9.17) is 14.2 Å². The minimum absolute atomic E-state index is 0.111. The maximum absolute atomic E-state index is 12.6. The van der Waals surface area contributed by atoms with Crippen LogP contribution >= 0.6 is 11.3 Å². The number of rotatable bonds is 7. The molecule has 140 valence electrons. The van der Waals surface area contributed by atoms with Gasteiger partial charge in [0.1, 0.15) is 0 Å². The first-order valence-corrected chi connectivity index (χ1v) is 9.62. The van der Waals surface area contributed by atoms with Crippen LogP contribution in [0, 0.1) is 0 Å². The van der Waals surface area contributed by atoms with E-state index in [1.54, 1.807) is 23.3 Å². The molecule has 7 heteroatoms. The van der Waals surface area contributed by atoms with Gasteiger partial charge in [0.25, 0.3) is 0 Å². The van der Waals surface area contributed by atoms with E-state index in [2.05, 4.69) is 10.7 Å². The number of carbonyl (C=O) groups excluding carboxylic acids is 1. The third-order valence-corrected chi connectivity index (χ3v) is 4.79. The fourth-order valence-corrected chi connectivity index (χ4v) is 3.32. The lowest BCUT2D eigenvalue weighted by molar-refractivity contribution is 0.146. The van der Waals surface area contributed by atoms with Gasteiger partial charge in [-0.2, -0.15) is 11.3 Å². The number of benzene rings is 1. The van der Waals surface area contributed by atoms with Crippen molar-refractivity contribution < 1.29 is 19.0 Å². The quantitative estimate of drug-likeness (QED) is 0.806. The molecule has 6 nitrogen and oxygen atoms in total. The predicted octanol–water partition coefficient (Wildman–Crippen LogP) is 3.27. The van der Waals surface area contributed by atoms with Crippen molar-refractivity contribution in [2.24, 2.45) is 0 Å². The maximum atomic E-state index is 12.6. The number of thiophene rings is 1. The topological polar surface area (TPSA) is 60.0 Å². The van der Waals surface area contributed by atoms with Gasteiger partial charge in [0, 0.05) is 33.2 Å². The third-order valence-electron chi connectivity index (χ3n) is 4.06. The van der Waals surface area contributed by atoms with Crippen molar-refractivity contribution in [3.8, 4) is 11.5 Å². The predicted molar refractivity (Wildman–Crippen MR) is 101 cm³/mol. The second-order valence-electron chi connectivity index (χ2n) is 6.04. The van der Waals surface area contributed by atoms with Crippen LogP contribution in [-0.2, 0) is 17.8 Å². The lowest BCUT2D eigenvalue weighted by Crippen LogP contribution is -2.40. The number of urea groups is 1. The normalized spacial score (nSPS) is 13.1. The van der Waals surface area contributed by atoms with E-state index in [1.165, 1.54) is 0 Å². The Labute approximate surface area is 157 Å². The number of methoxy groups -OCH3 is 1. The molecule has 3 rings (SSSR count). The van der Waals surface area contributed by atoms with Crippen LogP contribution in [-0.4, -0.2) is 44.4 Å². The molecule has 0 fully saturated rings. The molecular weight excluding hydrogens is 352 g/mol. The van der Waals surface area contributed by atoms with Gasteiger partial charge in [0.05, 0.1) is 19.8 Å². The molecule has 2 heterocycles. The molecule has 1 aromatic carbocycles. The first-order chi connectivity index (χ1) is 12.8. The first kappa shape index (κ1) is 18.5. The fraction of sp³-hybridized carbons (Fsp3) is 0.421. The van der Waals surface area contributed by atoms with Crippen molar-refractivity contribution in [2.75, 3.05) is 33.5 Å². The van der Waals surface area contributed by atoms with E-state index in [9.17, 15) is 4.79 Å². The molecule has 1 aliphatic heterocycles. The summed E-state index contributed by atoms with van der Waals surface area (Å²) in [4.78, 5) is 14.4. The number of carbonyl (C=O) groups is 1. The van der Waals surface area contributed by atoms with E-state index in [0.29, 0.717) is 39.5 Å². The minimum Gasteiger partial charge on any atom is -0.490 e. The molecule has 0 saturated carbocycles. The van der Waals surface area contributed by atoms with Crippen molar-refractivity contribution in [3.63, 3.8) is 0 Å². The van der Waals surface area contributed by atoms with Gasteiger partial charge in [-0.05, 0) is 40.1 Å². The minimum atomic E-state index is -0.111. The van der Waals surface area contributed by atoms with Crippen LogP contribution in [0.25, 0.3) is 0 Å².